The van der Waals surface area contributed by atoms with Crippen molar-refractivity contribution in [2.24, 2.45) is 0 Å². The molecule has 0 aromatic heterocycles. The fourth-order valence-electron chi connectivity index (χ4n) is 3.60. The van der Waals surface area contributed by atoms with E-state index in [2.05, 4.69) is 16.0 Å². The number of amides is 2. The van der Waals surface area contributed by atoms with Crippen molar-refractivity contribution in [2.45, 2.75) is 63.3 Å². The number of nitrogens with one attached hydrogen (secondary N) is 3. The van der Waals surface area contributed by atoms with Crippen molar-refractivity contribution in [3.8, 4) is 0 Å². The van der Waals surface area contributed by atoms with E-state index in [-0.39, 0.29) is 18.0 Å². The Bertz CT molecular complexity index is 633. The first-order chi connectivity index (χ1) is 11.8. The van der Waals surface area contributed by atoms with Gasteiger partial charge in [0.25, 0.3) is 0 Å². The molecule has 0 bridgehead atoms. The van der Waals surface area contributed by atoms with Crippen molar-refractivity contribution in [1.82, 2.24) is 16.0 Å². The van der Waals surface area contributed by atoms with Gasteiger partial charge in [-0.1, -0.05) is 30.3 Å². The van der Waals surface area contributed by atoms with E-state index in [0.717, 1.165) is 31.4 Å². The van der Waals surface area contributed by atoms with Gasteiger partial charge in [-0.3, -0.25) is 4.79 Å². The summed E-state index contributed by atoms with van der Waals surface area (Å²) in [5.74, 6) is 0.0670. The molecule has 1 aliphatic carbocycles. The van der Waals surface area contributed by atoms with Crippen molar-refractivity contribution in [3.63, 3.8) is 0 Å². The highest BCUT2D eigenvalue weighted by molar-refractivity contribution is 5.83. The summed E-state index contributed by atoms with van der Waals surface area (Å²) in [6.07, 6.45) is 1.88. The largest absolute Gasteiger partial charge is 0.444 e. The van der Waals surface area contributed by atoms with Crippen LogP contribution in [-0.2, 0) is 15.1 Å². The number of hydrogen-bond donors (Lipinski definition) is 3. The molecule has 2 amide bonds. The fourth-order valence-corrected chi connectivity index (χ4v) is 3.60. The van der Waals surface area contributed by atoms with Crippen molar-refractivity contribution in [3.05, 3.63) is 35.9 Å². The average molecular weight is 345 g/mol. The molecule has 1 saturated carbocycles. The van der Waals surface area contributed by atoms with Gasteiger partial charge < -0.3 is 20.7 Å². The summed E-state index contributed by atoms with van der Waals surface area (Å²) in [7, 11) is 0. The van der Waals surface area contributed by atoms with Crippen LogP contribution in [0.4, 0.5) is 4.79 Å². The van der Waals surface area contributed by atoms with Crippen LogP contribution in [0.25, 0.3) is 0 Å². The van der Waals surface area contributed by atoms with Gasteiger partial charge in [-0.05, 0) is 45.6 Å². The maximum Gasteiger partial charge on any atom is 0.408 e. The third kappa shape index (κ3) is 4.12. The van der Waals surface area contributed by atoms with Crippen LogP contribution in [0.5, 0.6) is 0 Å². The molecule has 2 aliphatic rings. The minimum Gasteiger partial charge on any atom is -0.444 e. The summed E-state index contributed by atoms with van der Waals surface area (Å²) in [5, 5.41) is 9.32. The predicted molar refractivity (Wildman–Crippen MR) is 95.1 cm³/mol. The third-order valence-electron chi connectivity index (χ3n) is 4.74. The number of rotatable bonds is 4. The number of carbonyl (C=O) groups excluding carboxylic acids is 2. The molecule has 6 heteroatoms. The molecule has 1 aliphatic heterocycles. The fraction of sp³-hybridized carbons (Fsp3) is 0.579. The zero-order valence-corrected chi connectivity index (χ0v) is 15.1. The van der Waals surface area contributed by atoms with Crippen LogP contribution in [0, 0.1) is 0 Å². The Morgan fingerprint density at radius 3 is 2.48 bits per heavy atom. The monoisotopic (exact) mass is 345 g/mol. The van der Waals surface area contributed by atoms with E-state index in [4.69, 9.17) is 4.74 Å². The molecular formula is C19H27N3O3. The first kappa shape index (κ1) is 17.7. The van der Waals surface area contributed by atoms with E-state index in [9.17, 15) is 9.59 Å². The van der Waals surface area contributed by atoms with Crippen molar-refractivity contribution < 1.29 is 14.3 Å². The molecule has 1 unspecified atom stereocenters. The number of alkyl carbamates (subject to hydrolysis) is 1. The minimum absolute atomic E-state index is 0.0670. The Kier molecular flexibility index (Phi) is 4.73. The molecule has 136 valence electrons. The van der Waals surface area contributed by atoms with Crippen molar-refractivity contribution >= 4 is 12.0 Å². The molecule has 1 saturated heterocycles. The van der Waals surface area contributed by atoms with Gasteiger partial charge in [0.05, 0.1) is 11.6 Å². The Morgan fingerprint density at radius 2 is 1.92 bits per heavy atom. The van der Waals surface area contributed by atoms with E-state index in [1.54, 1.807) is 0 Å². The zero-order chi connectivity index (χ0) is 18.1. The van der Waals surface area contributed by atoms with Gasteiger partial charge in [-0.25, -0.2) is 4.79 Å². The first-order valence-corrected chi connectivity index (χ1v) is 8.88. The lowest BCUT2D eigenvalue weighted by Gasteiger charge is -2.49. The number of benzene rings is 1. The molecule has 1 atom stereocenters. The minimum atomic E-state index is -0.536. The van der Waals surface area contributed by atoms with Gasteiger partial charge in [0.1, 0.15) is 5.60 Å². The maximum atomic E-state index is 12.3. The van der Waals surface area contributed by atoms with E-state index >= 15 is 0 Å². The zero-order valence-electron chi connectivity index (χ0n) is 15.1. The molecule has 3 rings (SSSR count). The van der Waals surface area contributed by atoms with Gasteiger partial charge >= 0.3 is 6.09 Å². The summed E-state index contributed by atoms with van der Waals surface area (Å²) in [5.41, 5.74) is 0.0801. The normalized spacial score (nSPS) is 28.8. The highest BCUT2D eigenvalue weighted by Crippen LogP contribution is 2.42. The Hall–Kier alpha value is -2.08. The lowest BCUT2D eigenvalue weighted by Crippen LogP contribution is -2.62. The van der Waals surface area contributed by atoms with E-state index in [1.165, 1.54) is 0 Å². The molecule has 1 aromatic rings. The Labute approximate surface area is 148 Å². The van der Waals surface area contributed by atoms with Crippen LogP contribution in [0.1, 0.15) is 45.6 Å². The summed E-state index contributed by atoms with van der Waals surface area (Å²) in [6.45, 7) is 6.28. The SMILES string of the molecule is CC(C)(C)OC(=O)NC1(c2ccccc2)CC(NC2CCNC2=O)C1. The lowest BCUT2D eigenvalue weighted by atomic mass is 9.68. The summed E-state index contributed by atoms with van der Waals surface area (Å²) >= 11 is 0. The second-order valence-corrected chi connectivity index (χ2v) is 7.98. The molecule has 3 N–H and O–H groups in total. The first-order valence-electron chi connectivity index (χ1n) is 8.88. The predicted octanol–water partition coefficient (Wildman–Crippen LogP) is 2.05. The van der Waals surface area contributed by atoms with Gasteiger partial charge in [0, 0.05) is 12.6 Å². The molecule has 2 fully saturated rings. The Balaban J connectivity index is 1.68. The molecular weight excluding hydrogens is 318 g/mol. The lowest BCUT2D eigenvalue weighted by molar-refractivity contribution is -0.121. The molecule has 0 spiro atoms. The summed E-state index contributed by atoms with van der Waals surface area (Å²) in [4.78, 5) is 24.1. The van der Waals surface area contributed by atoms with E-state index in [1.807, 2.05) is 51.1 Å². The van der Waals surface area contributed by atoms with Crippen molar-refractivity contribution in [2.75, 3.05) is 6.54 Å². The topological polar surface area (TPSA) is 79.5 Å². The number of ether oxygens (including phenoxy) is 1. The van der Waals surface area contributed by atoms with Crippen molar-refractivity contribution in [1.29, 1.82) is 0 Å². The second kappa shape index (κ2) is 6.67. The smallest absolute Gasteiger partial charge is 0.408 e. The van der Waals surface area contributed by atoms with Gasteiger partial charge in [-0.2, -0.15) is 0 Å². The molecule has 25 heavy (non-hydrogen) atoms. The standard InChI is InChI=1S/C19H27N3O3/c1-18(2,3)25-17(24)22-19(13-7-5-4-6-8-13)11-14(12-19)21-15-9-10-20-16(15)23/h4-8,14-15,21H,9-12H2,1-3H3,(H,20,23)(H,22,24). The number of carbonyl (C=O) groups is 2. The van der Waals surface area contributed by atoms with Crippen LogP contribution >= 0.6 is 0 Å². The molecule has 0 radical (unpaired) electrons. The van der Waals surface area contributed by atoms with E-state index < -0.39 is 17.2 Å². The van der Waals surface area contributed by atoms with Crippen LogP contribution in [0.15, 0.2) is 30.3 Å². The third-order valence-corrected chi connectivity index (χ3v) is 4.74. The van der Waals surface area contributed by atoms with Gasteiger partial charge in [0.2, 0.25) is 5.91 Å². The number of hydrogen-bond acceptors (Lipinski definition) is 4. The van der Waals surface area contributed by atoms with Gasteiger partial charge in [-0.15, -0.1) is 0 Å². The quantitative estimate of drug-likeness (QED) is 0.780. The highest BCUT2D eigenvalue weighted by atomic mass is 16.6. The van der Waals surface area contributed by atoms with Crippen LogP contribution < -0.4 is 16.0 Å². The second-order valence-electron chi connectivity index (χ2n) is 7.98. The molecule has 1 aromatic carbocycles. The summed E-state index contributed by atoms with van der Waals surface area (Å²) in [6, 6.07) is 10.0. The molecule has 6 nitrogen and oxygen atoms in total. The van der Waals surface area contributed by atoms with Crippen LogP contribution in [0.2, 0.25) is 0 Å². The average Bonchev–Trinajstić information content (AvgIpc) is 2.89. The maximum absolute atomic E-state index is 12.3. The van der Waals surface area contributed by atoms with Crippen LogP contribution in [-0.4, -0.2) is 36.2 Å². The summed E-state index contributed by atoms with van der Waals surface area (Å²) < 4.78 is 5.44. The molecule has 1 heterocycles. The van der Waals surface area contributed by atoms with E-state index in [0.29, 0.717) is 0 Å². The Morgan fingerprint density at radius 1 is 1.24 bits per heavy atom. The van der Waals surface area contributed by atoms with Crippen LogP contribution in [0.3, 0.4) is 0 Å². The highest BCUT2D eigenvalue weighted by Gasteiger charge is 2.48. The van der Waals surface area contributed by atoms with Gasteiger partial charge in [0.15, 0.2) is 0 Å².